The smallest absolute Gasteiger partial charge is 0.337 e. The largest absolute Gasteiger partial charge is 0.465 e. The van der Waals surface area contributed by atoms with Crippen LogP contribution in [0.2, 0.25) is 0 Å². The quantitative estimate of drug-likeness (QED) is 0.410. The lowest BCUT2D eigenvalue weighted by atomic mass is 10.2. The van der Waals surface area contributed by atoms with Crippen LogP contribution in [0.25, 0.3) is 10.2 Å². The second-order valence-corrected chi connectivity index (χ2v) is 7.16. The van der Waals surface area contributed by atoms with E-state index in [1.165, 1.54) is 34.8 Å². The monoisotopic (exact) mass is 389 g/mol. The van der Waals surface area contributed by atoms with E-state index in [4.69, 9.17) is 0 Å². The van der Waals surface area contributed by atoms with E-state index in [1.807, 2.05) is 5.38 Å². The summed E-state index contributed by atoms with van der Waals surface area (Å²) in [7, 11) is 2.93. The number of aromatic nitrogens is 2. The zero-order valence-corrected chi connectivity index (χ0v) is 15.6. The molecule has 1 aromatic carbocycles. The van der Waals surface area contributed by atoms with E-state index < -0.39 is 5.97 Å². The van der Waals surface area contributed by atoms with Gasteiger partial charge in [-0.2, -0.15) is 0 Å². The topological polar surface area (TPSA) is 90.3 Å². The molecule has 7 nitrogen and oxygen atoms in total. The molecular weight excluding hydrogens is 374 g/mol. The summed E-state index contributed by atoms with van der Waals surface area (Å²) in [6.07, 6.45) is 0. The Labute approximate surface area is 157 Å². The minimum absolute atomic E-state index is 0.0817. The Morgan fingerprint density at radius 1 is 1.35 bits per heavy atom. The first-order valence-electron chi connectivity index (χ1n) is 7.55. The summed E-state index contributed by atoms with van der Waals surface area (Å²) in [5.74, 6) is -0.659. The Hall–Kier alpha value is -2.65. The van der Waals surface area contributed by atoms with Gasteiger partial charge in [-0.1, -0.05) is 17.8 Å². The molecule has 1 amide bonds. The van der Waals surface area contributed by atoms with Gasteiger partial charge in [0, 0.05) is 12.7 Å². The second kappa shape index (κ2) is 7.71. The second-order valence-electron chi connectivity index (χ2n) is 5.30. The fourth-order valence-corrected chi connectivity index (χ4v) is 3.84. The fraction of sp³-hybridized carbons (Fsp3) is 0.176. The van der Waals surface area contributed by atoms with Crippen LogP contribution in [0.5, 0.6) is 0 Å². The minimum atomic E-state index is -0.473. The third-order valence-electron chi connectivity index (χ3n) is 3.55. The van der Waals surface area contributed by atoms with Gasteiger partial charge in [-0.15, -0.1) is 11.3 Å². The highest BCUT2D eigenvalue weighted by Gasteiger charge is 2.12. The zero-order chi connectivity index (χ0) is 18.7. The van der Waals surface area contributed by atoms with Gasteiger partial charge in [0.2, 0.25) is 5.91 Å². The minimum Gasteiger partial charge on any atom is -0.465 e. The van der Waals surface area contributed by atoms with Crippen molar-refractivity contribution in [2.45, 2.75) is 5.16 Å². The number of esters is 1. The predicted molar refractivity (Wildman–Crippen MR) is 102 cm³/mol. The van der Waals surface area contributed by atoms with Gasteiger partial charge in [0.25, 0.3) is 5.56 Å². The number of nitrogens with zero attached hydrogens (tertiary/aromatic N) is 2. The molecule has 3 aromatic rings. The number of fused-ring (bicyclic) bond motifs is 1. The van der Waals surface area contributed by atoms with Gasteiger partial charge in [-0.3, -0.25) is 14.2 Å². The molecule has 26 heavy (non-hydrogen) atoms. The van der Waals surface area contributed by atoms with Crippen LogP contribution in [0.4, 0.5) is 5.69 Å². The van der Waals surface area contributed by atoms with Crippen molar-refractivity contribution in [1.29, 1.82) is 0 Å². The SMILES string of the molecule is COC(=O)c1cccc(NC(=O)CSc2nc3ccsc3c(=O)n2C)c1. The summed E-state index contributed by atoms with van der Waals surface area (Å²) in [5.41, 5.74) is 1.35. The van der Waals surface area contributed by atoms with Crippen LogP contribution in [0, 0.1) is 0 Å². The number of rotatable bonds is 5. The van der Waals surface area contributed by atoms with E-state index in [9.17, 15) is 14.4 Å². The number of hydrogen-bond donors (Lipinski definition) is 1. The Kier molecular flexibility index (Phi) is 5.38. The van der Waals surface area contributed by atoms with Gasteiger partial charge in [0.1, 0.15) is 4.70 Å². The predicted octanol–water partition coefficient (Wildman–Crippen LogP) is 2.51. The molecule has 0 aliphatic rings. The highest BCUT2D eigenvalue weighted by atomic mass is 32.2. The average Bonchev–Trinajstić information content (AvgIpc) is 3.11. The Morgan fingerprint density at radius 3 is 2.92 bits per heavy atom. The van der Waals surface area contributed by atoms with E-state index in [2.05, 4.69) is 15.0 Å². The zero-order valence-electron chi connectivity index (χ0n) is 14.0. The number of ether oxygens (including phenoxy) is 1. The Bertz CT molecular complexity index is 1040. The maximum Gasteiger partial charge on any atom is 0.337 e. The fourth-order valence-electron chi connectivity index (χ4n) is 2.27. The van der Waals surface area contributed by atoms with Crippen molar-refractivity contribution in [1.82, 2.24) is 9.55 Å². The molecule has 0 radical (unpaired) electrons. The van der Waals surface area contributed by atoms with E-state index in [1.54, 1.807) is 37.4 Å². The number of hydrogen-bond acceptors (Lipinski definition) is 7. The van der Waals surface area contributed by atoms with Gasteiger partial charge in [-0.25, -0.2) is 9.78 Å². The molecule has 0 fully saturated rings. The normalized spacial score (nSPS) is 10.7. The summed E-state index contributed by atoms with van der Waals surface area (Å²) in [4.78, 5) is 40.4. The van der Waals surface area contributed by atoms with Gasteiger partial charge >= 0.3 is 5.97 Å². The van der Waals surface area contributed by atoms with Crippen molar-refractivity contribution in [3.05, 3.63) is 51.6 Å². The van der Waals surface area contributed by atoms with Gasteiger partial charge < -0.3 is 10.1 Å². The highest BCUT2D eigenvalue weighted by molar-refractivity contribution is 7.99. The number of benzene rings is 1. The van der Waals surface area contributed by atoms with Crippen LogP contribution < -0.4 is 10.9 Å². The number of carbonyl (C=O) groups excluding carboxylic acids is 2. The van der Waals surface area contributed by atoms with Crippen molar-refractivity contribution in [2.24, 2.45) is 7.05 Å². The van der Waals surface area contributed by atoms with Crippen LogP contribution >= 0.6 is 23.1 Å². The maximum atomic E-state index is 12.3. The summed E-state index contributed by atoms with van der Waals surface area (Å²) in [6.45, 7) is 0. The van der Waals surface area contributed by atoms with Gasteiger partial charge in [-0.05, 0) is 29.6 Å². The van der Waals surface area contributed by atoms with Crippen molar-refractivity contribution in [3.63, 3.8) is 0 Å². The summed E-state index contributed by atoms with van der Waals surface area (Å²) < 4.78 is 6.70. The molecule has 9 heteroatoms. The lowest BCUT2D eigenvalue weighted by molar-refractivity contribution is -0.113. The summed E-state index contributed by atoms with van der Waals surface area (Å²) in [5, 5.41) is 5.00. The van der Waals surface area contributed by atoms with Crippen molar-refractivity contribution < 1.29 is 14.3 Å². The van der Waals surface area contributed by atoms with E-state index in [0.717, 1.165) is 0 Å². The van der Waals surface area contributed by atoms with Crippen LogP contribution in [0.1, 0.15) is 10.4 Å². The van der Waals surface area contributed by atoms with Crippen molar-refractivity contribution in [2.75, 3.05) is 18.2 Å². The molecule has 0 spiro atoms. The van der Waals surface area contributed by atoms with Crippen LogP contribution in [0.3, 0.4) is 0 Å². The number of thiophene rings is 1. The first kappa shape index (κ1) is 18.2. The number of amides is 1. The molecule has 0 atom stereocenters. The summed E-state index contributed by atoms with van der Waals surface area (Å²) >= 11 is 2.52. The molecule has 3 rings (SSSR count). The van der Waals surface area contributed by atoms with E-state index in [0.29, 0.717) is 26.6 Å². The van der Waals surface area contributed by atoms with E-state index in [-0.39, 0.29) is 17.2 Å². The molecular formula is C17H15N3O4S2. The molecule has 0 bridgehead atoms. The third-order valence-corrected chi connectivity index (χ3v) is 5.47. The van der Waals surface area contributed by atoms with Crippen LogP contribution in [-0.2, 0) is 16.6 Å². The van der Waals surface area contributed by atoms with Crippen LogP contribution in [-0.4, -0.2) is 34.3 Å². The summed E-state index contributed by atoms with van der Waals surface area (Å²) in [6, 6.07) is 8.26. The van der Waals surface area contributed by atoms with Crippen molar-refractivity contribution >= 4 is 50.9 Å². The first-order valence-corrected chi connectivity index (χ1v) is 9.41. The van der Waals surface area contributed by atoms with Gasteiger partial charge in [0.05, 0.1) is 23.9 Å². The molecule has 0 saturated heterocycles. The molecule has 0 aliphatic heterocycles. The number of methoxy groups -OCH3 is 1. The number of nitrogens with one attached hydrogen (secondary N) is 1. The molecule has 2 aromatic heterocycles. The van der Waals surface area contributed by atoms with Gasteiger partial charge in [0.15, 0.2) is 5.16 Å². The Morgan fingerprint density at radius 2 is 2.15 bits per heavy atom. The number of anilines is 1. The molecule has 0 saturated carbocycles. The lowest BCUT2D eigenvalue weighted by Gasteiger charge is -2.08. The maximum absolute atomic E-state index is 12.3. The molecule has 1 N–H and O–H groups in total. The van der Waals surface area contributed by atoms with E-state index >= 15 is 0 Å². The molecule has 2 heterocycles. The lowest BCUT2D eigenvalue weighted by Crippen LogP contribution is -2.20. The molecule has 0 unspecified atom stereocenters. The molecule has 0 aliphatic carbocycles. The van der Waals surface area contributed by atoms with Crippen LogP contribution in [0.15, 0.2) is 45.7 Å². The first-order chi connectivity index (χ1) is 12.5. The highest BCUT2D eigenvalue weighted by Crippen LogP contribution is 2.20. The standard InChI is InChI=1S/C17H15N3O4S2/c1-20-15(22)14-12(6-7-25-14)19-17(20)26-9-13(21)18-11-5-3-4-10(8-11)16(23)24-2/h3-8H,9H2,1-2H3,(H,18,21). The third kappa shape index (κ3) is 3.78. The van der Waals surface area contributed by atoms with Crippen molar-refractivity contribution in [3.8, 4) is 0 Å². The molecule has 134 valence electrons. The number of carbonyl (C=O) groups is 2. The number of thioether (sulfide) groups is 1. The Balaban J connectivity index is 1.69. The average molecular weight is 389 g/mol.